The van der Waals surface area contributed by atoms with E-state index in [0.717, 1.165) is 6.42 Å². The summed E-state index contributed by atoms with van der Waals surface area (Å²) in [7, 11) is 0. The van der Waals surface area contributed by atoms with Crippen molar-refractivity contribution in [3.63, 3.8) is 0 Å². The van der Waals surface area contributed by atoms with Crippen molar-refractivity contribution in [2.24, 2.45) is 0 Å². The topological polar surface area (TPSA) is 12.5 Å². The standard InChI is InChI=1S/C9H15F2NO/c1-7-8(2-5-13-7)12-4-3-9(10,11)6-12/h7-8H,2-6H2,1H3. The van der Waals surface area contributed by atoms with Crippen LogP contribution in [0.15, 0.2) is 0 Å². The molecule has 0 aliphatic carbocycles. The Labute approximate surface area is 76.9 Å². The lowest BCUT2D eigenvalue weighted by molar-refractivity contribution is 0.00228. The molecule has 0 N–H and O–H groups in total. The Balaban J connectivity index is 1.95. The summed E-state index contributed by atoms with van der Waals surface area (Å²) in [6.45, 7) is 3.12. The van der Waals surface area contributed by atoms with E-state index in [1.807, 2.05) is 11.8 Å². The molecule has 2 rings (SSSR count). The monoisotopic (exact) mass is 191 g/mol. The van der Waals surface area contributed by atoms with Crippen LogP contribution in [0, 0.1) is 0 Å². The highest BCUT2D eigenvalue weighted by atomic mass is 19.3. The Morgan fingerprint density at radius 3 is 2.69 bits per heavy atom. The van der Waals surface area contributed by atoms with Crippen LogP contribution in [-0.4, -0.2) is 42.7 Å². The average molecular weight is 191 g/mol. The second kappa shape index (κ2) is 3.17. The van der Waals surface area contributed by atoms with Gasteiger partial charge in [-0.1, -0.05) is 0 Å². The zero-order valence-electron chi connectivity index (χ0n) is 7.80. The number of rotatable bonds is 1. The van der Waals surface area contributed by atoms with Crippen molar-refractivity contribution < 1.29 is 13.5 Å². The van der Waals surface area contributed by atoms with Gasteiger partial charge in [0.1, 0.15) is 0 Å². The van der Waals surface area contributed by atoms with Gasteiger partial charge in [-0.15, -0.1) is 0 Å². The minimum Gasteiger partial charge on any atom is -0.377 e. The van der Waals surface area contributed by atoms with Crippen molar-refractivity contribution in [2.45, 2.75) is 37.8 Å². The first-order valence-corrected chi connectivity index (χ1v) is 4.82. The van der Waals surface area contributed by atoms with Crippen molar-refractivity contribution in [3.05, 3.63) is 0 Å². The Kier molecular flexibility index (Phi) is 2.28. The number of nitrogens with zero attached hydrogens (tertiary/aromatic N) is 1. The van der Waals surface area contributed by atoms with Gasteiger partial charge in [-0.05, 0) is 13.3 Å². The Morgan fingerprint density at radius 2 is 2.23 bits per heavy atom. The molecule has 0 bridgehead atoms. The summed E-state index contributed by atoms with van der Waals surface area (Å²) in [5.41, 5.74) is 0. The number of alkyl halides is 2. The predicted molar refractivity (Wildman–Crippen MR) is 45.0 cm³/mol. The van der Waals surface area contributed by atoms with Crippen LogP contribution in [0.1, 0.15) is 19.8 Å². The maximum absolute atomic E-state index is 12.9. The van der Waals surface area contributed by atoms with E-state index >= 15 is 0 Å². The van der Waals surface area contributed by atoms with E-state index < -0.39 is 5.92 Å². The number of halogens is 2. The SMILES string of the molecule is CC1OCCC1N1CCC(F)(F)C1. The molecule has 0 saturated carbocycles. The molecule has 0 radical (unpaired) electrons. The van der Waals surface area contributed by atoms with E-state index in [1.165, 1.54) is 0 Å². The summed E-state index contributed by atoms with van der Waals surface area (Å²) in [4.78, 5) is 1.87. The highest BCUT2D eigenvalue weighted by Gasteiger charge is 2.43. The van der Waals surface area contributed by atoms with Gasteiger partial charge in [0.05, 0.1) is 12.6 Å². The van der Waals surface area contributed by atoms with Gasteiger partial charge < -0.3 is 4.74 Å². The third kappa shape index (κ3) is 1.83. The molecule has 76 valence electrons. The van der Waals surface area contributed by atoms with Gasteiger partial charge in [0.25, 0.3) is 5.92 Å². The van der Waals surface area contributed by atoms with Gasteiger partial charge in [0.15, 0.2) is 0 Å². The van der Waals surface area contributed by atoms with Crippen LogP contribution in [0.5, 0.6) is 0 Å². The molecule has 0 aromatic heterocycles. The molecule has 2 aliphatic rings. The van der Waals surface area contributed by atoms with Crippen LogP contribution in [-0.2, 0) is 4.74 Å². The molecule has 2 nitrogen and oxygen atoms in total. The first-order valence-electron chi connectivity index (χ1n) is 4.82. The van der Waals surface area contributed by atoms with Crippen LogP contribution in [0.25, 0.3) is 0 Å². The summed E-state index contributed by atoms with van der Waals surface area (Å²) in [6.07, 6.45) is 1.03. The molecule has 2 atom stereocenters. The predicted octanol–water partition coefficient (Wildman–Crippen LogP) is 1.50. The van der Waals surface area contributed by atoms with Crippen LogP contribution in [0.2, 0.25) is 0 Å². The first kappa shape index (κ1) is 9.34. The summed E-state index contributed by atoms with van der Waals surface area (Å²) in [6, 6.07) is 0.216. The number of hydrogen-bond acceptors (Lipinski definition) is 2. The molecule has 0 aromatic carbocycles. The van der Waals surface area contributed by atoms with Gasteiger partial charge in [-0.2, -0.15) is 0 Å². The largest absolute Gasteiger partial charge is 0.377 e. The number of likely N-dealkylation sites (tertiary alicyclic amines) is 1. The summed E-state index contributed by atoms with van der Waals surface area (Å²) in [5, 5.41) is 0. The maximum atomic E-state index is 12.9. The molecular weight excluding hydrogens is 176 g/mol. The molecule has 2 aliphatic heterocycles. The normalized spacial score (nSPS) is 39.9. The van der Waals surface area contributed by atoms with Gasteiger partial charge in [0, 0.05) is 25.6 Å². The van der Waals surface area contributed by atoms with Crippen molar-refractivity contribution in [1.29, 1.82) is 0 Å². The lowest BCUT2D eigenvalue weighted by Gasteiger charge is -2.25. The Hall–Kier alpha value is -0.220. The van der Waals surface area contributed by atoms with Gasteiger partial charge in [-0.25, -0.2) is 8.78 Å². The fraction of sp³-hybridized carbons (Fsp3) is 1.00. The molecule has 0 aromatic rings. The second-order valence-corrected chi connectivity index (χ2v) is 4.01. The van der Waals surface area contributed by atoms with Crippen molar-refractivity contribution >= 4 is 0 Å². The first-order chi connectivity index (χ1) is 6.08. The molecule has 0 spiro atoms. The fourth-order valence-electron chi connectivity index (χ4n) is 2.25. The van der Waals surface area contributed by atoms with Crippen LogP contribution in [0.4, 0.5) is 8.78 Å². The van der Waals surface area contributed by atoms with Crippen molar-refractivity contribution in [3.8, 4) is 0 Å². The zero-order chi connectivity index (χ0) is 9.47. The lowest BCUT2D eigenvalue weighted by Crippen LogP contribution is -2.39. The highest BCUT2D eigenvalue weighted by molar-refractivity contribution is 4.90. The summed E-state index contributed by atoms with van der Waals surface area (Å²) in [5.74, 6) is -2.47. The van der Waals surface area contributed by atoms with Crippen molar-refractivity contribution in [1.82, 2.24) is 4.90 Å². The zero-order valence-corrected chi connectivity index (χ0v) is 7.80. The van der Waals surface area contributed by atoms with Gasteiger partial charge >= 0.3 is 0 Å². The minimum atomic E-state index is -2.47. The fourth-order valence-corrected chi connectivity index (χ4v) is 2.25. The van der Waals surface area contributed by atoms with E-state index in [2.05, 4.69) is 0 Å². The number of ether oxygens (including phenoxy) is 1. The molecule has 2 saturated heterocycles. The third-order valence-electron chi connectivity index (χ3n) is 3.00. The third-order valence-corrected chi connectivity index (χ3v) is 3.00. The Bertz CT molecular complexity index is 198. The molecular formula is C9H15F2NO. The average Bonchev–Trinajstić information content (AvgIpc) is 2.56. The van der Waals surface area contributed by atoms with E-state index in [0.29, 0.717) is 13.2 Å². The van der Waals surface area contributed by atoms with Crippen LogP contribution >= 0.6 is 0 Å². The molecule has 0 amide bonds. The van der Waals surface area contributed by atoms with Crippen LogP contribution < -0.4 is 0 Å². The van der Waals surface area contributed by atoms with Crippen LogP contribution in [0.3, 0.4) is 0 Å². The van der Waals surface area contributed by atoms with Crippen molar-refractivity contribution in [2.75, 3.05) is 19.7 Å². The molecule has 2 unspecified atom stereocenters. The summed E-state index contributed by atoms with van der Waals surface area (Å²) >= 11 is 0. The Morgan fingerprint density at radius 1 is 1.46 bits per heavy atom. The lowest BCUT2D eigenvalue weighted by atomic mass is 10.1. The molecule has 2 fully saturated rings. The molecule has 2 heterocycles. The van der Waals surface area contributed by atoms with E-state index in [9.17, 15) is 8.78 Å². The van der Waals surface area contributed by atoms with E-state index in [-0.39, 0.29) is 25.1 Å². The van der Waals surface area contributed by atoms with E-state index in [1.54, 1.807) is 0 Å². The quantitative estimate of drug-likeness (QED) is 0.623. The summed E-state index contributed by atoms with van der Waals surface area (Å²) < 4.78 is 31.1. The smallest absolute Gasteiger partial charge is 0.261 e. The number of hydrogen-bond donors (Lipinski definition) is 0. The minimum absolute atomic E-state index is 0.0101. The molecule has 4 heteroatoms. The second-order valence-electron chi connectivity index (χ2n) is 4.01. The van der Waals surface area contributed by atoms with Gasteiger partial charge in [-0.3, -0.25) is 4.90 Å². The molecule has 13 heavy (non-hydrogen) atoms. The van der Waals surface area contributed by atoms with E-state index in [4.69, 9.17) is 4.74 Å². The highest BCUT2D eigenvalue weighted by Crippen LogP contribution is 2.31. The maximum Gasteiger partial charge on any atom is 0.261 e. The van der Waals surface area contributed by atoms with Gasteiger partial charge in [0.2, 0.25) is 0 Å².